The molecule has 0 saturated heterocycles. The average molecular weight is 287 g/mol. The smallest absolute Gasteiger partial charge is 0.321 e. The minimum atomic E-state index is 0.364. The highest BCUT2D eigenvalue weighted by Gasteiger charge is 2.04. The van der Waals surface area contributed by atoms with E-state index in [9.17, 15) is 0 Å². The van der Waals surface area contributed by atoms with Crippen LogP contribution in [0.25, 0.3) is 0 Å². The number of aromatic nitrogens is 2. The molecule has 21 heavy (non-hydrogen) atoms. The van der Waals surface area contributed by atoms with Gasteiger partial charge in [-0.2, -0.15) is 0 Å². The molecule has 1 aromatic heterocycles. The summed E-state index contributed by atoms with van der Waals surface area (Å²) in [5.74, 6) is 0.784. The van der Waals surface area contributed by atoms with Crippen LogP contribution in [-0.4, -0.2) is 30.2 Å². The molecule has 0 bridgehead atoms. The van der Waals surface area contributed by atoms with Gasteiger partial charge in [-0.15, -0.1) is 0 Å². The number of ether oxygens (including phenoxy) is 2. The summed E-state index contributed by atoms with van der Waals surface area (Å²) in [5, 5.41) is 3.24. The van der Waals surface area contributed by atoms with Gasteiger partial charge in [0.15, 0.2) is 0 Å². The molecule has 1 aromatic carbocycles. The number of aryl methyl sites for hydroxylation is 2. The molecule has 0 aliphatic rings. The first kappa shape index (κ1) is 15.4. The number of hydrogen-bond donors (Lipinski definition) is 1. The predicted octanol–water partition coefficient (Wildman–Crippen LogP) is 2.62. The van der Waals surface area contributed by atoms with Crippen LogP contribution in [0.1, 0.15) is 16.7 Å². The summed E-state index contributed by atoms with van der Waals surface area (Å²) < 4.78 is 10.7. The van der Waals surface area contributed by atoms with Gasteiger partial charge in [0, 0.05) is 38.2 Å². The SMILES string of the molecule is COCCNCc1cnc(Oc2ccc(C)cc2C)nc1. The van der Waals surface area contributed by atoms with E-state index in [0.29, 0.717) is 19.2 Å². The minimum absolute atomic E-state index is 0.364. The monoisotopic (exact) mass is 287 g/mol. The van der Waals surface area contributed by atoms with Gasteiger partial charge in [0.05, 0.1) is 6.61 Å². The highest BCUT2D eigenvalue weighted by Crippen LogP contribution is 2.22. The largest absolute Gasteiger partial charge is 0.424 e. The lowest BCUT2D eigenvalue weighted by molar-refractivity contribution is 0.199. The first-order valence-corrected chi connectivity index (χ1v) is 6.94. The molecule has 1 heterocycles. The van der Waals surface area contributed by atoms with Crippen LogP contribution in [0, 0.1) is 13.8 Å². The Morgan fingerprint density at radius 2 is 1.90 bits per heavy atom. The minimum Gasteiger partial charge on any atom is -0.424 e. The first-order chi connectivity index (χ1) is 10.2. The van der Waals surface area contributed by atoms with Crippen LogP contribution in [0.5, 0.6) is 11.8 Å². The summed E-state index contributed by atoms with van der Waals surface area (Å²) in [7, 11) is 1.68. The third kappa shape index (κ3) is 4.81. The lowest BCUT2D eigenvalue weighted by Gasteiger charge is -2.08. The van der Waals surface area contributed by atoms with Gasteiger partial charge in [-0.05, 0) is 25.5 Å². The zero-order valence-electron chi connectivity index (χ0n) is 12.7. The molecule has 1 N–H and O–H groups in total. The zero-order chi connectivity index (χ0) is 15.1. The summed E-state index contributed by atoms with van der Waals surface area (Å²) in [6.45, 7) is 6.27. The molecular formula is C16H21N3O2. The Kier molecular flexibility index (Phi) is 5.66. The van der Waals surface area contributed by atoms with Gasteiger partial charge < -0.3 is 14.8 Å². The molecule has 0 amide bonds. The van der Waals surface area contributed by atoms with Crippen molar-refractivity contribution in [3.63, 3.8) is 0 Å². The molecule has 2 aromatic rings. The highest BCUT2D eigenvalue weighted by atomic mass is 16.5. The summed E-state index contributed by atoms with van der Waals surface area (Å²) >= 11 is 0. The average Bonchev–Trinajstić information content (AvgIpc) is 2.48. The molecule has 2 rings (SSSR count). The summed E-state index contributed by atoms with van der Waals surface area (Å²) in [6.07, 6.45) is 3.54. The van der Waals surface area contributed by atoms with Gasteiger partial charge in [-0.25, -0.2) is 9.97 Å². The van der Waals surface area contributed by atoms with E-state index in [2.05, 4.69) is 28.3 Å². The number of benzene rings is 1. The van der Waals surface area contributed by atoms with Gasteiger partial charge in [0.2, 0.25) is 0 Å². The summed E-state index contributed by atoms with van der Waals surface area (Å²) in [5.41, 5.74) is 3.29. The highest BCUT2D eigenvalue weighted by molar-refractivity contribution is 5.37. The Morgan fingerprint density at radius 1 is 1.14 bits per heavy atom. The third-order valence-electron chi connectivity index (χ3n) is 3.03. The van der Waals surface area contributed by atoms with Crippen LogP contribution in [-0.2, 0) is 11.3 Å². The molecule has 5 heteroatoms. The fourth-order valence-electron chi connectivity index (χ4n) is 1.91. The molecular weight excluding hydrogens is 266 g/mol. The van der Waals surface area contributed by atoms with Crippen molar-refractivity contribution in [1.82, 2.24) is 15.3 Å². The second-order valence-electron chi connectivity index (χ2n) is 4.91. The fraction of sp³-hybridized carbons (Fsp3) is 0.375. The van der Waals surface area contributed by atoms with Crippen molar-refractivity contribution in [2.24, 2.45) is 0 Å². The van der Waals surface area contributed by atoms with Crippen LogP contribution in [0.3, 0.4) is 0 Å². The van der Waals surface area contributed by atoms with Crippen LogP contribution < -0.4 is 10.1 Å². The Labute approximate surface area is 125 Å². The molecule has 0 radical (unpaired) electrons. The quantitative estimate of drug-likeness (QED) is 0.793. The van der Waals surface area contributed by atoms with E-state index in [1.54, 1.807) is 19.5 Å². The maximum Gasteiger partial charge on any atom is 0.321 e. The standard InChI is InChI=1S/C16H21N3O2/c1-12-4-5-15(13(2)8-12)21-16-18-10-14(11-19-16)9-17-6-7-20-3/h4-5,8,10-11,17H,6-7,9H2,1-3H3. The lowest BCUT2D eigenvalue weighted by atomic mass is 10.1. The fourth-order valence-corrected chi connectivity index (χ4v) is 1.91. The van der Waals surface area contributed by atoms with Crippen molar-refractivity contribution < 1.29 is 9.47 Å². The normalized spacial score (nSPS) is 10.6. The lowest BCUT2D eigenvalue weighted by Crippen LogP contribution is -2.18. The molecule has 0 aliphatic carbocycles. The molecule has 0 spiro atoms. The van der Waals surface area contributed by atoms with Gasteiger partial charge in [-0.1, -0.05) is 17.7 Å². The van der Waals surface area contributed by atoms with E-state index in [-0.39, 0.29) is 0 Å². The van der Waals surface area contributed by atoms with E-state index in [0.717, 1.165) is 23.4 Å². The van der Waals surface area contributed by atoms with Gasteiger partial charge in [0.25, 0.3) is 0 Å². The van der Waals surface area contributed by atoms with Crippen molar-refractivity contribution in [1.29, 1.82) is 0 Å². The second kappa shape index (κ2) is 7.71. The van der Waals surface area contributed by atoms with Crippen molar-refractivity contribution >= 4 is 0 Å². The van der Waals surface area contributed by atoms with Crippen molar-refractivity contribution in [2.75, 3.05) is 20.3 Å². The molecule has 0 saturated carbocycles. The third-order valence-corrected chi connectivity index (χ3v) is 3.03. The van der Waals surface area contributed by atoms with Gasteiger partial charge in [-0.3, -0.25) is 0 Å². The molecule has 0 aliphatic heterocycles. The topological polar surface area (TPSA) is 56.3 Å². The number of hydrogen-bond acceptors (Lipinski definition) is 5. The summed E-state index contributed by atoms with van der Waals surface area (Å²) in [4.78, 5) is 8.46. The van der Waals surface area contributed by atoms with E-state index >= 15 is 0 Å². The van der Waals surface area contributed by atoms with E-state index in [4.69, 9.17) is 9.47 Å². The molecule has 5 nitrogen and oxygen atoms in total. The summed E-state index contributed by atoms with van der Waals surface area (Å²) in [6, 6.07) is 6.39. The Hall–Kier alpha value is -1.98. The second-order valence-corrected chi connectivity index (χ2v) is 4.91. The first-order valence-electron chi connectivity index (χ1n) is 6.94. The Morgan fingerprint density at radius 3 is 2.57 bits per heavy atom. The van der Waals surface area contributed by atoms with E-state index in [1.807, 2.05) is 19.1 Å². The number of nitrogens with one attached hydrogen (secondary N) is 1. The maximum absolute atomic E-state index is 5.70. The molecule has 112 valence electrons. The van der Waals surface area contributed by atoms with Crippen molar-refractivity contribution in [2.45, 2.75) is 20.4 Å². The van der Waals surface area contributed by atoms with Crippen LogP contribution in [0.15, 0.2) is 30.6 Å². The molecule has 0 atom stereocenters. The Bertz CT molecular complexity index is 570. The predicted molar refractivity (Wildman–Crippen MR) is 81.6 cm³/mol. The number of rotatable bonds is 7. The Balaban J connectivity index is 1.92. The van der Waals surface area contributed by atoms with Crippen LogP contribution in [0.4, 0.5) is 0 Å². The van der Waals surface area contributed by atoms with E-state index < -0.39 is 0 Å². The molecule has 0 unspecified atom stereocenters. The molecule has 0 fully saturated rings. The van der Waals surface area contributed by atoms with Crippen molar-refractivity contribution in [3.8, 4) is 11.8 Å². The van der Waals surface area contributed by atoms with Gasteiger partial charge in [0.1, 0.15) is 5.75 Å². The zero-order valence-corrected chi connectivity index (χ0v) is 12.7. The van der Waals surface area contributed by atoms with Gasteiger partial charge >= 0.3 is 6.01 Å². The maximum atomic E-state index is 5.70. The van der Waals surface area contributed by atoms with E-state index in [1.165, 1.54) is 5.56 Å². The van der Waals surface area contributed by atoms with Crippen LogP contribution >= 0.6 is 0 Å². The number of methoxy groups -OCH3 is 1. The van der Waals surface area contributed by atoms with Crippen molar-refractivity contribution in [3.05, 3.63) is 47.3 Å². The number of nitrogens with zero attached hydrogens (tertiary/aromatic N) is 2. The van der Waals surface area contributed by atoms with Crippen LogP contribution in [0.2, 0.25) is 0 Å².